The molecule has 0 spiro atoms. The molecule has 2 aromatic carbocycles. The standard InChI is InChI=1S/C15H11N3S/c19-11-16-15-8-9-18(17-15)10-13-6-3-5-12-4-1-2-7-14(12)13/h1-9H,10H2. The molecule has 0 amide bonds. The highest BCUT2D eigenvalue weighted by Crippen LogP contribution is 2.19. The van der Waals surface area contributed by atoms with E-state index in [4.69, 9.17) is 0 Å². The van der Waals surface area contributed by atoms with Gasteiger partial charge in [0.25, 0.3) is 0 Å². The van der Waals surface area contributed by atoms with E-state index in [0.29, 0.717) is 12.4 Å². The topological polar surface area (TPSA) is 30.2 Å². The Morgan fingerprint density at radius 3 is 2.84 bits per heavy atom. The zero-order valence-corrected chi connectivity index (χ0v) is 11.0. The summed E-state index contributed by atoms with van der Waals surface area (Å²) in [6, 6.07) is 16.5. The minimum Gasteiger partial charge on any atom is -0.266 e. The number of hydrogen-bond acceptors (Lipinski definition) is 3. The second-order valence-corrected chi connectivity index (χ2v) is 4.40. The van der Waals surface area contributed by atoms with Crippen molar-refractivity contribution in [2.45, 2.75) is 6.54 Å². The summed E-state index contributed by atoms with van der Waals surface area (Å²) in [4.78, 5) is 3.86. The highest BCUT2D eigenvalue weighted by Gasteiger charge is 2.02. The molecule has 0 atom stereocenters. The van der Waals surface area contributed by atoms with E-state index in [1.54, 1.807) is 0 Å². The largest absolute Gasteiger partial charge is 0.266 e. The Balaban J connectivity index is 1.98. The van der Waals surface area contributed by atoms with Crippen LogP contribution in [-0.4, -0.2) is 14.9 Å². The van der Waals surface area contributed by atoms with Crippen LogP contribution in [0.2, 0.25) is 0 Å². The maximum absolute atomic E-state index is 4.57. The number of rotatable bonds is 3. The van der Waals surface area contributed by atoms with E-state index >= 15 is 0 Å². The van der Waals surface area contributed by atoms with Gasteiger partial charge in [0, 0.05) is 12.3 Å². The highest BCUT2D eigenvalue weighted by molar-refractivity contribution is 7.78. The molecule has 1 aromatic heterocycles. The Kier molecular flexibility index (Phi) is 3.19. The number of aromatic nitrogens is 2. The molecule has 0 saturated carbocycles. The Bertz CT molecular complexity index is 764. The third kappa shape index (κ3) is 2.45. The maximum Gasteiger partial charge on any atom is 0.184 e. The molecule has 3 rings (SSSR count). The minimum atomic E-state index is 0.593. The number of fused-ring (bicyclic) bond motifs is 1. The first-order valence-corrected chi connectivity index (χ1v) is 6.35. The molecule has 0 radical (unpaired) electrons. The van der Waals surface area contributed by atoms with Crippen LogP contribution in [0, 0.1) is 0 Å². The van der Waals surface area contributed by atoms with Crippen molar-refractivity contribution in [1.82, 2.24) is 9.78 Å². The van der Waals surface area contributed by atoms with Gasteiger partial charge >= 0.3 is 0 Å². The van der Waals surface area contributed by atoms with Crippen LogP contribution in [0.25, 0.3) is 10.8 Å². The molecule has 0 saturated heterocycles. The average Bonchev–Trinajstić information content (AvgIpc) is 2.87. The second kappa shape index (κ2) is 5.14. The van der Waals surface area contributed by atoms with Gasteiger partial charge in [-0.2, -0.15) is 10.1 Å². The van der Waals surface area contributed by atoms with Gasteiger partial charge in [-0.15, -0.1) is 0 Å². The SMILES string of the molecule is S=C=Nc1ccn(Cc2cccc3ccccc23)n1. The van der Waals surface area contributed by atoms with Crippen molar-refractivity contribution in [3.05, 3.63) is 60.3 Å². The molecule has 92 valence electrons. The van der Waals surface area contributed by atoms with Crippen molar-refractivity contribution in [3.8, 4) is 0 Å². The van der Waals surface area contributed by atoms with Gasteiger partial charge in [0.2, 0.25) is 0 Å². The summed E-state index contributed by atoms with van der Waals surface area (Å²) in [6.45, 7) is 0.717. The Hall–Kier alpha value is -2.29. The molecule has 3 nitrogen and oxygen atoms in total. The first kappa shape index (κ1) is 11.8. The number of hydrogen-bond donors (Lipinski definition) is 0. The van der Waals surface area contributed by atoms with Crippen molar-refractivity contribution >= 4 is 34.0 Å². The average molecular weight is 265 g/mol. The lowest BCUT2D eigenvalue weighted by molar-refractivity contribution is 0.692. The van der Waals surface area contributed by atoms with Gasteiger partial charge in [-0.05, 0) is 28.6 Å². The summed E-state index contributed by atoms with van der Waals surface area (Å²) in [5.41, 5.74) is 1.24. The van der Waals surface area contributed by atoms with E-state index in [9.17, 15) is 0 Å². The lowest BCUT2D eigenvalue weighted by atomic mass is 10.0. The molecule has 1 heterocycles. The van der Waals surface area contributed by atoms with Crippen LogP contribution in [-0.2, 0) is 6.54 Å². The molecular formula is C15H11N3S. The number of isothiocyanates is 1. The first-order chi connectivity index (χ1) is 9.36. The Morgan fingerprint density at radius 1 is 1.11 bits per heavy atom. The van der Waals surface area contributed by atoms with Crippen molar-refractivity contribution in [2.24, 2.45) is 4.99 Å². The van der Waals surface area contributed by atoms with Crippen LogP contribution in [0.1, 0.15) is 5.56 Å². The monoisotopic (exact) mass is 265 g/mol. The van der Waals surface area contributed by atoms with Gasteiger partial charge in [-0.25, -0.2) is 0 Å². The summed E-state index contributed by atoms with van der Waals surface area (Å²) in [5, 5.41) is 9.14. The van der Waals surface area contributed by atoms with E-state index in [-0.39, 0.29) is 0 Å². The van der Waals surface area contributed by atoms with E-state index < -0.39 is 0 Å². The molecule has 0 aliphatic heterocycles. The van der Waals surface area contributed by atoms with Crippen LogP contribution >= 0.6 is 12.2 Å². The second-order valence-electron chi connectivity index (χ2n) is 4.21. The molecule has 0 fully saturated rings. The third-order valence-corrected chi connectivity index (χ3v) is 3.09. The molecule has 0 N–H and O–H groups in total. The third-order valence-electron chi connectivity index (χ3n) is 3.00. The lowest BCUT2D eigenvalue weighted by Gasteiger charge is -2.06. The summed E-state index contributed by atoms with van der Waals surface area (Å²) in [6.07, 6.45) is 1.90. The lowest BCUT2D eigenvalue weighted by Crippen LogP contribution is -2.00. The van der Waals surface area contributed by atoms with Crippen molar-refractivity contribution in [1.29, 1.82) is 0 Å². The number of aliphatic imine (C=N–C) groups is 1. The highest BCUT2D eigenvalue weighted by atomic mass is 32.1. The van der Waals surface area contributed by atoms with Gasteiger partial charge in [0.05, 0.1) is 11.7 Å². The van der Waals surface area contributed by atoms with Gasteiger partial charge < -0.3 is 0 Å². The van der Waals surface area contributed by atoms with Crippen LogP contribution in [0.4, 0.5) is 5.82 Å². The van der Waals surface area contributed by atoms with Crippen LogP contribution in [0.15, 0.2) is 59.7 Å². The van der Waals surface area contributed by atoms with E-state index in [2.05, 4.69) is 63.9 Å². The maximum atomic E-state index is 4.57. The van der Waals surface area contributed by atoms with Crippen LogP contribution < -0.4 is 0 Å². The molecule has 0 aliphatic carbocycles. The summed E-state index contributed by atoms with van der Waals surface area (Å²) in [5.74, 6) is 0.593. The number of benzene rings is 2. The van der Waals surface area contributed by atoms with Gasteiger partial charge in [-0.1, -0.05) is 42.5 Å². The predicted octanol–water partition coefficient (Wildman–Crippen LogP) is 3.82. The number of thiocarbonyl (C=S) groups is 1. The zero-order valence-electron chi connectivity index (χ0n) is 10.2. The predicted molar refractivity (Wildman–Crippen MR) is 80.0 cm³/mol. The fourth-order valence-corrected chi connectivity index (χ4v) is 2.24. The van der Waals surface area contributed by atoms with Gasteiger partial charge in [0.15, 0.2) is 5.82 Å². The Labute approximate surface area is 116 Å². The smallest absolute Gasteiger partial charge is 0.184 e. The van der Waals surface area contributed by atoms with E-state index in [0.717, 1.165) is 0 Å². The summed E-state index contributed by atoms with van der Waals surface area (Å²) >= 11 is 4.57. The zero-order chi connectivity index (χ0) is 13.1. The van der Waals surface area contributed by atoms with Crippen molar-refractivity contribution in [2.75, 3.05) is 0 Å². The normalized spacial score (nSPS) is 10.3. The molecule has 0 aliphatic rings. The number of nitrogens with zero attached hydrogens (tertiary/aromatic N) is 3. The van der Waals surface area contributed by atoms with Gasteiger partial charge in [-0.3, -0.25) is 4.68 Å². The molecule has 4 heteroatoms. The van der Waals surface area contributed by atoms with Gasteiger partial charge in [0.1, 0.15) is 0 Å². The molecule has 0 unspecified atom stereocenters. The summed E-state index contributed by atoms with van der Waals surface area (Å²) in [7, 11) is 0. The summed E-state index contributed by atoms with van der Waals surface area (Å²) < 4.78 is 1.85. The fraction of sp³-hybridized carbons (Fsp3) is 0.0667. The first-order valence-electron chi connectivity index (χ1n) is 5.95. The van der Waals surface area contributed by atoms with Crippen LogP contribution in [0.3, 0.4) is 0 Å². The van der Waals surface area contributed by atoms with Crippen molar-refractivity contribution < 1.29 is 0 Å². The quantitative estimate of drug-likeness (QED) is 0.532. The van der Waals surface area contributed by atoms with E-state index in [1.807, 2.05) is 23.0 Å². The van der Waals surface area contributed by atoms with Crippen molar-refractivity contribution in [3.63, 3.8) is 0 Å². The van der Waals surface area contributed by atoms with E-state index in [1.165, 1.54) is 16.3 Å². The molecule has 19 heavy (non-hydrogen) atoms. The minimum absolute atomic E-state index is 0.593. The molecule has 3 aromatic rings. The molecular weight excluding hydrogens is 254 g/mol. The van der Waals surface area contributed by atoms with Crippen LogP contribution in [0.5, 0.6) is 0 Å². The molecule has 0 bridgehead atoms. The fourth-order valence-electron chi connectivity index (χ4n) is 2.15. The Morgan fingerprint density at radius 2 is 1.95 bits per heavy atom.